The van der Waals surface area contributed by atoms with Crippen molar-refractivity contribution in [2.24, 2.45) is 0 Å². The minimum atomic E-state index is -0.609. The molecule has 0 bridgehead atoms. The fourth-order valence-electron chi connectivity index (χ4n) is 2.76. The van der Waals surface area contributed by atoms with E-state index in [9.17, 15) is 4.39 Å². The van der Waals surface area contributed by atoms with Gasteiger partial charge in [0.25, 0.3) is 0 Å². The predicted octanol–water partition coefficient (Wildman–Crippen LogP) is 6.23. The number of aromatic nitrogens is 1. The lowest BCUT2D eigenvalue weighted by Gasteiger charge is -2.19. The van der Waals surface area contributed by atoms with Crippen LogP contribution in [0.2, 0.25) is 10.0 Å². The van der Waals surface area contributed by atoms with Gasteiger partial charge in [-0.15, -0.1) is 0 Å². The van der Waals surface area contributed by atoms with Gasteiger partial charge < -0.3 is 10.5 Å². The molecular formula is C20H17Cl2FN2O. The van der Waals surface area contributed by atoms with Crippen LogP contribution in [0.15, 0.2) is 48.7 Å². The highest BCUT2D eigenvalue weighted by Gasteiger charge is 2.20. The van der Waals surface area contributed by atoms with Crippen LogP contribution in [0.25, 0.3) is 11.1 Å². The first-order valence-corrected chi connectivity index (χ1v) is 8.75. The minimum absolute atomic E-state index is 0.0633. The van der Waals surface area contributed by atoms with E-state index in [4.69, 9.17) is 33.7 Å². The Bertz CT molecular complexity index is 963. The summed E-state index contributed by atoms with van der Waals surface area (Å²) in [6.45, 7) is 3.74. The summed E-state index contributed by atoms with van der Waals surface area (Å²) in [6.07, 6.45) is 1.08. The molecule has 26 heavy (non-hydrogen) atoms. The summed E-state index contributed by atoms with van der Waals surface area (Å²) in [5.41, 5.74) is 9.34. The summed E-state index contributed by atoms with van der Waals surface area (Å²) in [5, 5.41) is 0.261. The normalized spacial score (nSPS) is 12.0. The van der Waals surface area contributed by atoms with Crippen LogP contribution in [0.1, 0.15) is 24.2 Å². The summed E-state index contributed by atoms with van der Waals surface area (Å²) in [6, 6.07) is 12.4. The lowest BCUT2D eigenvalue weighted by molar-refractivity contribution is 0.227. The van der Waals surface area contributed by atoms with E-state index in [2.05, 4.69) is 4.98 Å². The molecule has 0 aliphatic heterocycles. The number of benzene rings is 2. The molecule has 134 valence electrons. The summed E-state index contributed by atoms with van der Waals surface area (Å²) in [4.78, 5) is 4.22. The molecule has 3 aromatic rings. The Labute approximate surface area is 161 Å². The molecule has 0 fully saturated rings. The highest BCUT2D eigenvalue weighted by Crippen LogP contribution is 2.37. The number of nitrogen functional groups attached to an aromatic ring is 1. The van der Waals surface area contributed by atoms with Gasteiger partial charge in [-0.25, -0.2) is 9.37 Å². The Morgan fingerprint density at radius 1 is 1.15 bits per heavy atom. The molecule has 0 aliphatic carbocycles. The lowest BCUT2D eigenvalue weighted by Crippen LogP contribution is -2.08. The number of anilines is 1. The van der Waals surface area contributed by atoms with E-state index in [0.29, 0.717) is 16.3 Å². The molecule has 1 unspecified atom stereocenters. The molecule has 3 nitrogen and oxygen atoms in total. The first-order valence-electron chi connectivity index (χ1n) is 8.00. The van der Waals surface area contributed by atoms with Crippen molar-refractivity contribution in [1.29, 1.82) is 0 Å². The summed E-state index contributed by atoms with van der Waals surface area (Å²) >= 11 is 12.2. The average Bonchev–Trinajstić information content (AvgIpc) is 2.61. The molecule has 0 radical (unpaired) electrons. The molecule has 1 heterocycles. The summed E-state index contributed by atoms with van der Waals surface area (Å²) in [5.74, 6) is 0.0637. The maximum absolute atomic E-state index is 13.8. The van der Waals surface area contributed by atoms with Crippen molar-refractivity contribution in [2.45, 2.75) is 20.0 Å². The maximum atomic E-state index is 13.8. The van der Waals surface area contributed by atoms with E-state index in [-0.39, 0.29) is 10.8 Å². The van der Waals surface area contributed by atoms with E-state index < -0.39 is 11.9 Å². The third-order valence-corrected chi connectivity index (χ3v) is 4.84. The second kappa shape index (κ2) is 7.52. The zero-order valence-corrected chi connectivity index (χ0v) is 15.8. The van der Waals surface area contributed by atoms with Gasteiger partial charge in [0, 0.05) is 22.3 Å². The molecule has 0 amide bonds. The Morgan fingerprint density at radius 2 is 1.88 bits per heavy atom. The molecule has 0 saturated heterocycles. The number of nitrogens with zero attached hydrogens (tertiary/aromatic N) is 1. The summed E-state index contributed by atoms with van der Waals surface area (Å²) in [7, 11) is 0. The van der Waals surface area contributed by atoms with Gasteiger partial charge in [0.1, 0.15) is 11.9 Å². The Hall–Kier alpha value is -2.30. The smallest absolute Gasteiger partial charge is 0.166 e. The van der Waals surface area contributed by atoms with Crippen LogP contribution in [0.5, 0.6) is 5.75 Å². The van der Waals surface area contributed by atoms with Crippen molar-refractivity contribution in [3.05, 3.63) is 75.7 Å². The highest BCUT2D eigenvalue weighted by molar-refractivity contribution is 6.36. The van der Waals surface area contributed by atoms with Gasteiger partial charge in [-0.3, -0.25) is 0 Å². The number of aryl methyl sites for hydroxylation is 1. The highest BCUT2D eigenvalue weighted by atomic mass is 35.5. The number of halogens is 3. The van der Waals surface area contributed by atoms with Crippen LogP contribution in [-0.4, -0.2) is 4.98 Å². The van der Waals surface area contributed by atoms with E-state index in [1.807, 2.05) is 37.3 Å². The van der Waals surface area contributed by atoms with Gasteiger partial charge >= 0.3 is 0 Å². The van der Waals surface area contributed by atoms with Crippen molar-refractivity contribution in [3.8, 4) is 16.9 Å². The van der Waals surface area contributed by atoms with Crippen molar-refractivity contribution < 1.29 is 9.13 Å². The van der Waals surface area contributed by atoms with Crippen LogP contribution in [-0.2, 0) is 0 Å². The van der Waals surface area contributed by atoms with Crippen molar-refractivity contribution >= 4 is 29.0 Å². The first-order chi connectivity index (χ1) is 12.4. The van der Waals surface area contributed by atoms with Gasteiger partial charge in [-0.1, -0.05) is 47.5 Å². The van der Waals surface area contributed by atoms with Crippen LogP contribution in [0, 0.1) is 12.7 Å². The molecule has 3 rings (SSSR count). The molecule has 1 atom stereocenters. The minimum Gasteiger partial charge on any atom is -0.482 e. The quantitative estimate of drug-likeness (QED) is 0.537. The largest absolute Gasteiger partial charge is 0.482 e. The Morgan fingerprint density at radius 3 is 2.62 bits per heavy atom. The van der Waals surface area contributed by atoms with Crippen LogP contribution in [0.4, 0.5) is 10.2 Å². The fraction of sp³-hybridized carbons (Fsp3) is 0.150. The Balaban J connectivity index is 1.97. The lowest BCUT2D eigenvalue weighted by atomic mass is 10.0. The number of rotatable bonds is 4. The average molecular weight is 391 g/mol. The Kier molecular flexibility index (Phi) is 5.35. The first kappa shape index (κ1) is 18.5. The maximum Gasteiger partial charge on any atom is 0.166 e. The van der Waals surface area contributed by atoms with Crippen molar-refractivity contribution in [3.63, 3.8) is 0 Å². The number of hydrogen-bond donors (Lipinski definition) is 1. The van der Waals surface area contributed by atoms with Crippen LogP contribution >= 0.6 is 23.2 Å². The van der Waals surface area contributed by atoms with Crippen LogP contribution in [0.3, 0.4) is 0 Å². The summed E-state index contributed by atoms with van der Waals surface area (Å²) < 4.78 is 19.7. The monoisotopic (exact) mass is 390 g/mol. The zero-order valence-electron chi connectivity index (χ0n) is 14.3. The van der Waals surface area contributed by atoms with E-state index in [1.165, 1.54) is 12.1 Å². The molecule has 2 aromatic carbocycles. The SMILES string of the molecule is Cc1ccccc1-c1cnc(N)c(OC(C)c2c(Cl)ccc(F)c2Cl)c1. The second-order valence-electron chi connectivity index (χ2n) is 5.94. The van der Waals surface area contributed by atoms with Gasteiger partial charge in [0.15, 0.2) is 11.6 Å². The van der Waals surface area contributed by atoms with Gasteiger partial charge in [-0.05, 0) is 43.2 Å². The predicted molar refractivity (Wildman–Crippen MR) is 104 cm³/mol. The molecule has 0 spiro atoms. The van der Waals surface area contributed by atoms with Crippen LogP contribution < -0.4 is 10.5 Å². The van der Waals surface area contributed by atoms with E-state index in [1.54, 1.807) is 13.1 Å². The molecule has 6 heteroatoms. The molecule has 2 N–H and O–H groups in total. The van der Waals surface area contributed by atoms with Crippen molar-refractivity contribution in [2.75, 3.05) is 5.73 Å². The van der Waals surface area contributed by atoms with Gasteiger partial charge in [0.05, 0.1) is 5.02 Å². The number of ether oxygens (including phenoxy) is 1. The van der Waals surface area contributed by atoms with Gasteiger partial charge in [0.2, 0.25) is 0 Å². The molecule has 0 aliphatic rings. The van der Waals surface area contributed by atoms with Gasteiger partial charge in [-0.2, -0.15) is 0 Å². The third kappa shape index (κ3) is 3.62. The molecule has 0 saturated carbocycles. The van der Waals surface area contributed by atoms with Crippen molar-refractivity contribution in [1.82, 2.24) is 4.98 Å². The zero-order chi connectivity index (χ0) is 18.8. The molecular weight excluding hydrogens is 374 g/mol. The van der Waals surface area contributed by atoms with E-state index in [0.717, 1.165) is 16.7 Å². The number of nitrogens with two attached hydrogens (primary N) is 1. The number of hydrogen-bond acceptors (Lipinski definition) is 3. The van der Waals surface area contributed by atoms with E-state index >= 15 is 0 Å². The number of pyridine rings is 1. The topological polar surface area (TPSA) is 48.1 Å². The molecule has 1 aromatic heterocycles. The standard InChI is InChI=1S/C20H17Cl2FN2O/c1-11-5-3-4-6-14(11)13-9-17(20(24)25-10-13)26-12(2)18-15(21)7-8-16(23)19(18)22/h3-10,12H,1-2H3,(H2,24,25). The third-order valence-electron chi connectivity index (χ3n) is 4.13. The fourth-order valence-corrected chi connectivity index (χ4v) is 3.44. The second-order valence-corrected chi connectivity index (χ2v) is 6.72.